The molecule has 0 radical (unpaired) electrons. The predicted octanol–water partition coefficient (Wildman–Crippen LogP) is -0.242. The van der Waals surface area contributed by atoms with E-state index in [1.165, 1.54) is 4.90 Å². The Morgan fingerprint density at radius 1 is 1.12 bits per heavy atom. The molecule has 3 heteroatoms. The molecule has 1 aromatic carbocycles. The molecule has 92 valence electrons. The number of rotatable bonds is 2. The molecule has 0 aromatic heterocycles. The first-order chi connectivity index (χ1) is 8.27. The Morgan fingerprint density at radius 2 is 1.76 bits per heavy atom. The van der Waals surface area contributed by atoms with Crippen LogP contribution in [0.15, 0.2) is 30.3 Å². The van der Waals surface area contributed by atoms with E-state index in [-0.39, 0.29) is 12.1 Å². The van der Waals surface area contributed by atoms with Crippen molar-refractivity contribution < 1.29 is 15.1 Å². The van der Waals surface area contributed by atoms with E-state index >= 15 is 0 Å². The van der Waals surface area contributed by atoms with Gasteiger partial charge in [-0.2, -0.15) is 0 Å². The van der Waals surface area contributed by atoms with E-state index in [0.717, 1.165) is 31.5 Å². The van der Waals surface area contributed by atoms with Crippen molar-refractivity contribution in [3.63, 3.8) is 0 Å². The van der Waals surface area contributed by atoms with E-state index in [1.54, 1.807) is 0 Å². The van der Waals surface area contributed by atoms with Crippen molar-refractivity contribution in [3.05, 3.63) is 35.9 Å². The Kier molecular flexibility index (Phi) is 2.90. The van der Waals surface area contributed by atoms with Crippen molar-refractivity contribution in [2.75, 3.05) is 13.1 Å². The minimum Gasteiger partial charge on any atom is -0.387 e. The highest BCUT2D eigenvalue weighted by Crippen LogP contribution is 2.28. The maximum atomic E-state index is 10.5. The third-order valence-corrected chi connectivity index (χ3v) is 4.48. The average molecular weight is 234 g/mol. The molecule has 0 spiro atoms. The van der Waals surface area contributed by atoms with Crippen LogP contribution >= 0.6 is 0 Å². The summed E-state index contributed by atoms with van der Waals surface area (Å²) in [6.07, 6.45) is 1.33. The summed E-state index contributed by atoms with van der Waals surface area (Å²) in [4.78, 5) is 1.37. The van der Waals surface area contributed by atoms with Crippen molar-refractivity contribution in [2.24, 2.45) is 5.92 Å². The van der Waals surface area contributed by atoms with Crippen molar-refractivity contribution in [1.82, 2.24) is 0 Å². The number of quaternary nitrogens is 1. The van der Waals surface area contributed by atoms with Gasteiger partial charge in [-0.15, -0.1) is 0 Å². The second-order valence-electron chi connectivity index (χ2n) is 5.37. The molecular weight excluding hydrogens is 214 g/mol. The van der Waals surface area contributed by atoms with Gasteiger partial charge in [0.25, 0.3) is 0 Å². The minimum atomic E-state index is -0.538. The maximum Gasteiger partial charge on any atom is 0.144 e. The zero-order valence-corrected chi connectivity index (χ0v) is 9.92. The molecule has 3 saturated heterocycles. The lowest BCUT2D eigenvalue weighted by Gasteiger charge is -2.47. The van der Waals surface area contributed by atoms with Crippen LogP contribution in [0.4, 0.5) is 0 Å². The van der Waals surface area contributed by atoms with Crippen molar-refractivity contribution in [2.45, 2.75) is 31.1 Å². The summed E-state index contributed by atoms with van der Waals surface area (Å²) < 4.78 is 0. The Hall–Kier alpha value is -0.900. The Morgan fingerprint density at radius 3 is 2.35 bits per heavy atom. The first-order valence-electron chi connectivity index (χ1n) is 6.53. The fraction of sp³-hybridized carbons (Fsp3) is 0.571. The number of fused-ring (bicyclic) bond motifs is 3. The summed E-state index contributed by atoms with van der Waals surface area (Å²) in [5, 5.41) is 20.8. The topological polar surface area (TPSA) is 44.9 Å². The molecule has 17 heavy (non-hydrogen) atoms. The zero-order chi connectivity index (χ0) is 11.8. The van der Waals surface area contributed by atoms with Gasteiger partial charge >= 0.3 is 0 Å². The van der Waals surface area contributed by atoms with Crippen molar-refractivity contribution in [1.29, 1.82) is 0 Å². The van der Waals surface area contributed by atoms with Crippen LogP contribution in [-0.2, 0) is 0 Å². The number of piperidine rings is 3. The van der Waals surface area contributed by atoms with E-state index in [1.807, 2.05) is 30.3 Å². The summed E-state index contributed by atoms with van der Waals surface area (Å²) in [6.45, 7) is 2.19. The van der Waals surface area contributed by atoms with Crippen LogP contribution < -0.4 is 4.90 Å². The Balaban J connectivity index is 1.84. The van der Waals surface area contributed by atoms with Gasteiger partial charge in [0.2, 0.25) is 0 Å². The minimum absolute atomic E-state index is 0.0371. The summed E-state index contributed by atoms with van der Waals surface area (Å²) in [5.41, 5.74) is 0.927. The van der Waals surface area contributed by atoms with Gasteiger partial charge in [0.05, 0.1) is 13.1 Å². The third kappa shape index (κ3) is 1.88. The van der Waals surface area contributed by atoms with Crippen LogP contribution in [0.25, 0.3) is 0 Å². The van der Waals surface area contributed by atoms with Gasteiger partial charge in [0, 0.05) is 18.8 Å². The van der Waals surface area contributed by atoms with Gasteiger partial charge in [0.1, 0.15) is 18.2 Å². The van der Waals surface area contributed by atoms with Crippen LogP contribution in [0.2, 0.25) is 0 Å². The highest BCUT2D eigenvalue weighted by molar-refractivity contribution is 5.19. The lowest BCUT2D eigenvalue weighted by Crippen LogP contribution is -3.21. The Labute approximate surface area is 102 Å². The first kappa shape index (κ1) is 11.2. The number of nitrogens with one attached hydrogen (secondary N) is 1. The molecule has 4 rings (SSSR count). The lowest BCUT2D eigenvalue weighted by molar-refractivity contribution is -0.951. The Bertz CT molecular complexity index is 371. The molecule has 0 amide bonds. The summed E-state index contributed by atoms with van der Waals surface area (Å²) in [5.74, 6) is 0.399. The third-order valence-electron chi connectivity index (χ3n) is 4.48. The van der Waals surface area contributed by atoms with Gasteiger partial charge in [-0.25, -0.2) is 0 Å². The monoisotopic (exact) mass is 234 g/mol. The SMILES string of the molecule is O[C@@H]1C2CC[NH+](CC2)[C@H]1[C@@H](O)c1ccccc1. The molecule has 3 nitrogen and oxygen atoms in total. The normalized spacial score (nSPS) is 38.0. The largest absolute Gasteiger partial charge is 0.387 e. The van der Waals surface area contributed by atoms with Crippen LogP contribution in [-0.4, -0.2) is 35.4 Å². The lowest BCUT2D eigenvalue weighted by atomic mass is 9.77. The fourth-order valence-corrected chi connectivity index (χ4v) is 3.49. The second kappa shape index (κ2) is 4.41. The van der Waals surface area contributed by atoms with Crippen LogP contribution in [0.1, 0.15) is 24.5 Å². The number of hydrogen-bond donors (Lipinski definition) is 3. The summed E-state index contributed by atoms with van der Waals surface area (Å²) in [6, 6.07) is 9.69. The van der Waals surface area contributed by atoms with Crippen molar-refractivity contribution >= 4 is 0 Å². The van der Waals surface area contributed by atoms with Gasteiger partial charge in [-0.05, 0) is 5.56 Å². The molecule has 0 unspecified atom stereocenters. The smallest absolute Gasteiger partial charge is 0.144 e. The van der Waals surface area contributed by atoms with Crippen LogP contribution in [0.3, 0.4) is 0 Å². The quantitative estimate of drug-likeness (QED) is 0.661. The fourth-order valence-electron chi connectivity index (χ4n) is 3.49. The average Bonchev–Trinajstić information content (AvgIpc) is 2.40. The van der Waals surface area contributed by atoms with E-state index in [0.29, 0.717) is 5.92 Å². The maximum absolute atomic E-state index is 10.5. The van der Waals surface area contributed by atoms with Crippen LogP contribution in [0.5, 0.6) is 0 Å². The van der Waals surface area contributed by atoms with Gasteiger partial charge in [0.15, 0.2) is 0 Å². The number of hydrogen-bond acceptors (Lipinski definition) is 2. The van der Waals surface area contributed by atoms with Gasteiger partial charge in [-0.3, -0.25) is 0 Å². The molecule has 3 heterocycles. The molecule has 3 N–H and O–H groups in total. The molecule has 2 bridgehead atoms. The van der Waals surface area contributed by atoms with Gasteiger partial charge < -0.3 is 15.1 Å². The molecule has 1 aromatic rings. The molecule has 3 fully saturated rings. The zero-order valence-electron chi connectivity index (χ0n) is 9.92. The molecular formula is C14H20NO2+. The highest BCUT2D eigenvalue weighted by atomic mass is 16.3. The number of aliphatic hydroxyl groups is 2. The highest BCUT2D eigenvalue weighted by Gasteiger charge is 2.48. The number of aliphatic hydroxyl groups excluding tert-OH is 2. The van der Waals surface area contributed by atoms with E-state index in [9.17, 15) is 10.2 Å². The van der Waals surface area contributed by atoms with E-state index in [2.05, 4.69) is 0 Å². The summed E-state index contributed by atoms with van der Waals surface area (Å²) >= 11 is 0. The van der Waals surface area contributed by atoms with E-state index < -0.39 is 6.10 Å². The molecule has 3 aliphatic rings. The molecule has 3 atom stereocenters. The first-order valence-corrected chi connectivity index (χ1v) is 6.53. The van der Waals surface area contributed by atoms with Crippen LogP contribution in [0, 0.1) is 5.92 Å². The standard InChI is InChI=1S/C14H19NO2/c16-13(10-4-2-1-3-5-10)12-14(17)11-6-8-15(12)9-7-11/h1-5,11-14,16-17H,6-9H2/p+1/t12-,13-,14+/m0/s1. The van der Waals surface area contributed by atoms with E-state index in [4.69, 9.17) is 0 Å². The number of benzene rings is 1. The molecule has 3 aliphatic heterocycles. The molecule has 0 saturated carbocycles. The van der Waals surface area contributed by atoms with Gasteiger partial charge in [-0.1, -0.05) is 30.3 Å². The predicted molar refractivity (Wildman–Crippen MR) is 64.6 cm³/mol. The summed E-state index contributed by atoms with van der Waals surface area (Å²) in [7, 11) is 0. The van der Waals surface area contributed by atoms with Crippen molar-refractivity contribution in [3.8, 4) is 0 Å². The molecule has 0 aliphatic carbocycles. The second-order valence-corrected chi connectivity index (χ2v) is 5.37.